The van der Waals surface area contributed by atoms with E-state index in [2.05, 4.69) is 35.4 Å². The molecule has 7 nitrogen and oxygen atoms in total. The third-order valence-electron chi connectivity index (χ3n) is 5.19. The van der Waals surface area contributed by atoms with E-state index < -0.39 is 5.24 Å². The van der Waals surface area contributed by atoms with E-state index in [1.165, 1.54) is 43.8 Å². The first-order valence-electron chi connectivity index (χ1n) is 12.4. The molecule has 0 aliphatic rings. The highest BCUT2D eigenvalue weighted by Gasteiger charge is 2.07. The second-order valence-corrected chi connectivity index (χ2v) is 8.42. The fourth-order valence-corrected chi connectivity index (χ4v) is 2.97. The van der Waals surface area contributed by atoms with E-state index in [1.54, 1.807) is 18.2 Å². The molecule has 2 aromatic heterocycles. The molecule has 0 aliphatic heterocycles. The molecule has 0 unspecified atom stereocenters. The van der Waals surface area contributed by atoms with E-state index in [-0.39, 0.29) is 11.7 Å². The summed E-state index contributed by atoms with van der Waals surface area (Å²) < 4.78 is 9.59. The van der Waals surface area contributed by atoms with E-state index in [0.717, 1.165) is 16.9 Å². The van der Waals surface area contributed by atoms with Gasteiger partial charge in [-0.1, -0.05) is 56.2 Å². The van der Waals surface area contributed by atoms with Crippen LogP contribution in [0.15, 0.2) is 94.2 Å². The number of halogens is 1. The first-order valence-corrected chi connectivity index (χ1v) is 12.8. The number of carbonyl (C=O) groups is 2. The molecule has 38 heavy (non-hydrogen) atoms. The number of carbonyl (C=O) groups excluding carboxylic acids is 2. The Morgan fingerprint density at radius 1 is 0.763 bits per heavy atom. The minimum atomic E-state index is -0.560. The molecule has 0 saturated carbocycles. The van der Waals surface area contributed by atoms with Crippen molar-refractivity contribution in [3.05, 3.63) is 108 Å². The molecule has 0 saturated heterocycles. The van der Waals surface area contributed by atoms with E-state index >= 15 is 0 Å². The molecule has 0 bridgehead atoms. The molecule has 8 heteroatoms. The summed E-state index contributed by atoms with van der Waals surface area (Å²) in [6.07, 6.45) is 2.87. The number of amides is 1. The number of nitrogens with zero attached hydrogens (tertiary/aromatic N) is 1. The molecular weight excluding hydrogens is 502 g/mol. The van der Waals surface area contributed by atoms with Crippen molar-refractivity contribution < 1.29 is 18.4 Å². The lowest BCUT2D eigenvalue weighted by Crippen LogP contribution is -2.21. The smallest absolute Gasteiger partial charge is 0.291 e. The summed E-state index contributed by atoms with van der Waals surface area (Å²) >= 11 is 5.01. The first kappa shape index (κ1) is 32.2. The second kappa shape index (κ2) is 18.4. The molecule has 0 radical (unpaired) electrons. The Balaban J connectivity index is 0.000000270. The zero-order valence-corrected chi connectivity index (χ0v) is 23.5. The molecule has 0 spiro atoms. The van der Waals surface area contributed by atoms with Gasteiger partial charge in [0, 0.05) is 11.4 Å². The molecule has 4 rings (SSSR count). The topological polar surface area (TPSA) is 102 Å². The third kappa shape index (κ3) is 13.5. The molecule has 3 N–H and O–H groups in total. The molecular formula is C30H38ClN3O4. The predicted octanol–water partition coefficient (Wildman–Crippen LogP) is 7.42. The van der Waals surface area contributed by atoms with Crippen LogP contribution in [0.3, 0.4) is 0 Å². The Kier molecular flexibility index (Phi) is 15.6. The molecule has 4 aromatic rings. The number of hydrogen-bond acceptors (Lipinski definition) is 6. The van der Waals surface area contributed by atoms with Gasteiger partial charge in [-0.25, -0.2) is 0 Å². The minimum Gasteiger partial charge on any atom is -0.460 e. The van der Waals surface area contributed by atoms with E-state index in [9.17, 15) is 9.59 Å². The van der Waals surface area contributed by atoms with Crippen LogP contribution in [0.1, 0.15) is 53.0 Å². The van der Waals surface area contributed by atoms with Crippen molar-refractivity contribution >= 4 is 34.1 Å². The normalized spacial score (nSPS) is 9.66. The molecule has 0 aliphatic carbocycles. The van der Waals surface area contributed by atoms with Crippen LogP contribution in [0, 0.1) is 13.8 Å². The lowest BCUT2D eigenvalue weighted by atomic mass is 10.2. The zero-order valence-electron chi connectivity index (χ0n) is 22.7. The standard InChI is InChI=1S/C12H11NO2.C7H9N.C6H15N.C5H3ClO2/c1-9-4-6-10(7-5-9)13-12(14)11-3-2-8-15-11;1-6-2-4-7(8)5-3-6;1-4-7(5-2)6-3;6-5(7)4-2-1-3-8-4/h2-8H,1H3,(H,13,14);2-5H,8H2,1H3;4-6H2,1-3H3;1-3H. The first-order chi connectivity index (χ1) is 18.2. The SMILES string of the molecule is CCN(CC)CC.Cc1ccc(N)cc1.Cc1ccc(NC(=O)c2ccco2)cc1.O=C(Cl)c1ccco1. The maximum absolute atomic E-state index is 11.6. The number of hydrogen-bond donors (Lipinski definition) is 2. The fraction of sp³-hybridized carbons (Fsp3) is 0.267. The van der Waals surface area contributed by atoms with Gasteiger partial charge in [-0.05, 0) is 93.6 Å². The third-order valence-corrected chi connectivity index (χ3v) is 5.37. The summed E-state index contributed by atoms with van der Waals surface area (Å²) in [4.78, 5) is 24.1. The number of furan rings is 2. The highest BCUT2D eigenvalue weighted by atomic mass is 35.5. The average molecular weight is 540 g/mol. The number of nitrogens with two attached hydrogens (primary N) is 1. The van der Waals surface area contributed by atoms with E-state index in [4.69, 9.17) is 21.8 Å². The lowest BCUT2D eigenvalue weighted by molar-refractivity contribution is 0.0995. The Bertz CT molecular complexity index is 1130. The van der Waals surface area contributed by atoms with Crippen LogP contribution in [0.25, 0.3) is 0 Å². The zero-order chi connectivity index (χ0) is 28.3. The monoisotopic (exact) mass is 539 g/mol. The van der Waals surface area contributed by atoms with Gasteiger partial charge in [-0.15, -0.1) is 0 Å². The van der Waals surface area contributed by atoms with Gasteiger partial charge in [-0.3, -0.25) is 9.59 Å². The molecule has 204 valence electrons. The van der Waals surface area contributed by atoms with Crippen molar-refractivity contribution in [1.29, 1.82) is 0 Å². The van der Waals surface area contributed by atoms with Gasteiger partial charge >= 0.3 is 0 Å². The summed E-state index contributed by atoms with van der Waals surface area (Å²) in [6, 6.07) is 21.8. The van der Waals surface area contributed by atoms with Crippen LogP contribution in [0.4, 0.5) is 11.4 Å². The van der Waals surface area contributed by atoms with Crippen molar-refractivity contribution in [3.8, 4) is 0 Å². The van der Waals surface area contributed by atoms with Gasteiger partial charge in [0.25, 0.3) is 11.1 Å². The molecule has 2 heterocycles. The van der Waals surface area contributed by atoms with Crippen molar-refractivity contribution in [3.63, 3.8) is 0 Å². The highest BCUT2D eigenvalue weighted by Crippen LogP contribution is 2.11. The second-order valence-electron chi connectivity index (χ2n) is 8.08. The Labute approximate surface area is 230 Å². The van der Waals surface area contributed by atoms with Gasteiger partial charge in [0.05, 0.1) is 12.5 Å². The Morgan fingerprint density at radius 2 is 1.21 bits per heavy atom. The van der Waals surface area contributed by atoms with Crippen LogP contribution < -0.4 is 11.1 Å². The number of nitrogens with one attached hydrogen (secondary N) is 1. The van der Waals surface area contributed by atoms with Crippen molar-refractivity contribution in [2.75, 3.05) is 30.7 Å². The van der Waals surface area contributed by atoms with Crippen molar-refractivity contribution in [2.45, 2.75) is 34.6 Å². The quantitative estimate of drug-likeness (QED) is 0.195. The summed E-state index contributed by atoms with van der Waals surface area (Å²) in [5, 5.41) is 2.18. The number of benzene rings is 2. The van der Waals surface area contributed by atoms with Crippen LogP contribution in [0.5, 0.6) is 0 Å². The number of aryl methyl sites for hydroxylation is 2. The number of nitrogen functional groups attached to an aromatic ring is 1. The summed E-state index contributed by atoms with van der Waals surface area (Å²) in [6.45, 7) is 14.2. The van der Waals surface area contributed by atoms with E-state index in [0.29, 0.717) is 5.76 Å². The van der Waals surface area contributed by atoms with Crippen LogP contribution in [-0.2, 0) is 0 Å². The lowest BCUT2D eigenvalue weighted by Gasteiger charge is -2.13. The maximum atomic E-state index is 11.6. The van der Waals surface area contributed by atoms with Crippen molar-refractivity contribution in [2.24, 2.45) is 0 Å². The van der Waals surface area contributed by atoms with Crippen molar-refractivity contribution in [1.82, 2.24) is 4.90 Å². The molecule has 2 aromatic carbocycles. The number of anilines is 2. The summed E-state index contributed by atoms with van der Waals surface area (Å²) in [5.74, 6) is 0.270. The van der Waals surface area contributed by atoms with Crippen LogP contribution in [-0.4, -0.2) is 35.7 Å². The van der Waals surface area contributed by atoms with Gasteiger partial charge in [0.1, 0.15) is 0 Å². The van der Waals surface area contributed by atoms with Gasteiger partial charge in [-0.2, -0.15) is 0 Å². The highest BCUT2D eigenvalue weighted by molar-refractivity contribution is 6.67. The largest absolute Gasteiger partial charge is 0.460 e. The maximum Gasteiger partial charge on any atom is 0.291 e. The average Bonchev–Trinajstić information content (AvgIpc) is 3.65. The fourth-order valence-electron chi connectivity index (χ4n) is 2.87. The minimum absolute atomic E-state index is 0.187. The van der Waals surface area contributed by atoms with Gasteiger partial charge in [0.2, 0.25) is 0 Å². The number of rotatable bonds is 6. The van der Waals surface area contributed by atoms with Gasteiger partial charge in [0.15, 0.2) is 11.5 Å². The molecule has 0 atom stereocenters. The Morgan fingerprint density at radius 3 is 1.53 bits per heavy atom. The van der Waals surface area contributed by atoms with Crippen LogP contribution >= 0.6 is 11.6 Å². The molecule has 1 amide bonds. The van der Waals surface area contributed by atoms with Gasteiger partial charge < -0.3 is 24.8 Å². The van der Waals surface area contributed by atoms with E-state index in [1.807, 2.05) is 62.4 Å². The Hall–Kier alpha value is -3.81. The summed E-state index contributed by atoms with van der Waals surface area (Å²) in [7, 11) is 0. The molecule has 0 fully saturated rings. The van der Waals surface area contributed by atoms with Crippen LogP contribution in [0.2, 0.25) is 0 Å². The predicted molar refractivity (Wildman–Crippen MR) is 156 cm³/mol. The summed E-state index contributed by atoms with van der Waals surface area (Å²) in [5.41, 5.74) is 9.43.